The van der Waals surface area contributed by atoms with E-state index in [2.05, 4.69) is 15.4 Å². The van der Waals surface area contributed by atoms with E-state index in [1.165, 1.54) is 24.3 Å². The Labute approximate surface area is 187 Å². The summed E-state index contributed by atoms with van der Waals surface area (Å²) in [6, 6.07) is 10.5. The van der Waals surface area contributed by atoms with Crippen LogP contribution in [0.2, 0.25) is 5.02 Å². The van der Waals surface area contributed by atoms with Crippen molar-refractivity contribution in [3.05, 3.63) is 80.8 Å². The van der Waals surface area contributed by atoms with Gasteiger partial charge in [0.2, 0.25) is 0 Å². The minimum atomic E-state index is -2.07. The Morgan fingerprint density at radius 1 is 1.19 bits per heavy atom. The number of nitrogens with one attached hydrogen (secondary N) is 2. The zero-order chi connectivity index (χ0) is 22.5. The van der Waals surface area contributed by atoms with E-state index in [-0.39, 0.29) is 23.1 Å². The van der Waals surface area contributed by atoms with Crippen LogP contribution < -0.4 is 11.2 Å². The molecule has 0 spiro atoms. The summed E-state index contributed by atoms with van der Waals surface area (Å²) >= 11 is 6.03. The lowest BCUT2D eigenvalue weighted by atomic mass is 10.0. The number of rotatable bonds is 4. The highest BCUT2D eigenvalue weighted by atomic mass is 35.5. The number of aliphatic hydroxyl groups excluding tert-OH is 1. The molecule has 5 rings (SSSR count). The zero-order valence-corrected chi connectivity index (χ0v) is 17.8. The molecular formula is C22H22ClFN4O4. The van der Waals surface area contributed by atoms with Crippen LogP contribution in [0.3, 0.4) is 0 Å². The zero-order valence-electron chi connectivity index (χ0n) is 17.0. The quantitative estimate of drug-likeness (QED) is 0.477. The van der Waals surface area contributed by atoms with Crippen molar-refractivity contribution >= 4 is 22.6 Å². The third-order valence-corrected chi connectivity index (χ3v) is 6.38. The maximum Gasteiger partial charge on any atom is 0.326 e. The molecule has 1 unspecified atom stereocenters. The second-order valence-electron chi connectivity index (χ2n) is 8.15. The third kappa shape index (κ3) is 3.57. The van der Waals surface area contributed by atoms with Crippen molar-refractivity contribution < 1.29 is 19.4 Å². The lowest BCUT2D eigenvalue weighted by Crippen LogP contribution is -2.39. The molecule has 0 amide bonds. The number of piperidine rings is 1. The Balaban J connectivity index is 1.29. The molecule has 0 radical (unpaired) electrons. The fourth-order valence-corrected chi connectivity index (χ4v) is 4.61. The Morgan fingerprint density at radius 2 is 1.91 bits per heavy atom. The maximum absolute atomic E-state index is 13.2. The first-order chi connectivity index (χ1) is 15.3. The van der Waals surface area contributed by atoms with Gasteiger partial charge in [0.1, 0.15) is 5.82 Å². The van der Waals surface area contributed by atoms with E-state index in [1.807, 2.05) is 6.07 Å². The van der Waals surface area contributed by atoms with Crippen molar-refractivity contribution in [3.8, 4) is 0 Å². The number of hydrogen-bond acceptors (Lipinski definition) is 6. The number of aromatic nitrogens is 2. The number of fused-ring (bicyclic) bond motifs is 1. The number of halogens is 2. The fourth-order valence-electron chi connectivity index (χ4n) is 4.44. The van der Waals surface area contributed by atoms with Crippen molar-refractivity contribution in [3.63, 3.8) is 0 Å². The number of hydroxylamine groups is 1. The Bertz CT molecular complexity index is 1250. The smallest absolute Gasteiger partial charge is 0.326 e. The van der Waals surface area contributed by atoms with Gasteiger partial charge in [0.05, 0.1) is 16.7 Å². The first-order valence-corrected chi connectivity index (χ1v) is 10.7. The van der Waals surface area contributed by atoms with Gasteiger partial charge in [-0.25, -0.2) is 14.0 Å². The predicted molar refractivity (Wildman–Crippen MR) is 116 cm³/mol. The average Bonchev–Trinajstić information content (AvgIpc) is 3.25. The number of hydrogen-bond donors (Lipinski definition) is 4. The molecule has 168 valence electrons. The lowest BCUT2D eigenvalue weighted by Gasteiger charge is -2.32. The number of H-pyrrole nitrogens is 1. The van der Waals surface area contributed by atoms with Crippen molar-refractivity contribution in [2.45, 2.75) is 24.7 Å². The highest BCUT2D eigenvalue weighted by molar-refractivity contribution is 6.31. The van der Waals surface area contributed by atoms with Crippen molar-refractivity contribution in [2.24, 2.45) is 0 Å². The molecule has 4 N–H and O–H groups in total. The lowest BCUT2D eigenvalue weighted by molar-refractivity contribution is -0.211. The highest BCUT2D eigenvalue weighted by Crippen LogP contribution is 2.35. The van der Waals surface area contributed by atoms with Crippen LogP contribution in [0, 0.1) is 5.82 Å². The van der Waals surface area contributed by atoms with Gasteiger partial charge in [0, 0.05) is 36.3 Å². The van der Waals surface area contributed by atoms with Gasteiger partial charge in [-0.1, -0.05) is 23.7 Å². The van der Waals surface area contributed by atoms with Gasteiger partial charge in [-0.15, -0.1) is 0 Å². The van der Waals surface area contributed by atoms with E-state index >= 15 is 0 Å². The highest BCUT2D eigenvalue weighted by Gasteiger charge is 2.44. The second-order valence-corrected chi connectivity index (χ2v) is 8.59. The van der Waals surface area contributed by atoms with Crippen molar-refractivity contribution in [1.29, 1.82) is 0 Å². The predicted octanol–water partition coefficient (Wildman–Crippen LogP) is 2.91. The SMILES string of the molecule is O=c1[nH]c2cc(Cl)ccc2n1C1CCN(CC2=C(O)C(O)(c3ccc(F)cc3)ON2)CC1. The van der Waals surface area contributed by atoms with Crippen LogP contribution in [0.1, 0.15) is 24.4 Å². The number of nitrogens with zero attached hydrogens (tertiary/aromatic N) is 2. The van der Waals surface area contributed by atoms with E-state index in [1.54, 1.807) is 16.7 Å². The summed E-state index contributed by atoms with van der Waals surface area (Å²) in [5.74, 6) is -2.87. The normalized spacial score (nSPS) is 22.6. The first kappa shape index (κ1) is 21.0. The van der Waals surface area contributed by atoms with Crippen molar-refractivity contribution in [1.82, 2.24) is 19.9 Å². The number of aromatic amines is 1. The van der Waals surface area contributed by atoms with Crippen molar-refractivity contribution in [2.75, 3.05) is 19.6 Å². The van der Waals surface area contributed by atoms with E-state index < -0.39 is 11.6 Å². The van der Waals surface area contributed by atoms with Gasteiger partial charge in [-0.05, 0) is 43.2 Å². The molecule has 32 heavy (non-hydrogen) atoms. The molecule has 8 nitrogen and oxygen atoms in total. The molecule has 1 fully saturated rings. The number of likely N-dealkylation sites (tertiary alicyclic amines) is 1. The van der Waals surface area contributed by atoms with Crippen LogP contribution in [0.4, 0.5) is 4.39 Å². The topological polar surface area (TPSA) is 103 Å². The van der Waals surface area contributed by atoms with Crippen LogP contribution in [-0.2, 0) is 10.6 Å². The van der Waals surface area contributed by atoms with Gasteiger partial charge in [-0.2, -0.15) is 0 Å². The molecule has 3 aromatic rings. The molecular weight excluding hydrogens is 439 g/mol. The molecule has 0 bridgehead atoms. The Morgan fingerprint density at radius 3 is 2.62 bits per heavy atom. The van der Waals surface area contributed by atoms with Crippen LogP contribution in [0.25, 0.3) is 11.0 Å². The van der Waals surface area contributed by atoms with Gasteiger partial charge in [0.15, 0.2) is 5.76 Å². The summed E-state index contributed by atoms with van der Waals surface area (Å²) in [6.45, 7) is 1.70. The molecule has 2 aliphatic rings. The monoisotopic (exact) mass is 460 g/mol. The van der Waals surface area contributed by atoms with Crippen LogP contribution in [-0.4, -0.2) is 44.3 Å². The summed E-state index contributed by atoms with van der Waals surface area (Å²) in [4.78, 5) is 22.7. The molecule has 1 atom stereocenters. The van der Waals surface area contributed by atoms with Crippen LogP contribution in [0.5, 0.6) is 0 Å². The fraction of sp³-hybridized carbons (Fsp3) is 0.318. The van der Waals surface area contributed by atoms with Crippen LogP contribution in [0.15, 0.2) is 58.7 Å². The summed E-state index contributed by atoms with van der Waals surface area (Å²) in [5, 5.41) is 21.9. The summed E-state index contributed by atoms with van der Waals surface area (Å²) in [5.41, 5.74) is 4.55. The van der Waals surface area contributed by atoms with Gasteiger partial charge in [0.25, 0.3) is 5.79 Å². The molecule has 1 aromatic heterocycles. The molecule has 1 saturated heterocycles. The van der Waals surface area contributed by atoms with Gasteiger partial charge < -0.3 is 15.2 Å². The number of aliphatic hydroxyl groups is 2. The second kappa shape index (κ2) is 7.93. The molecule has 2 aromatic carbocycles. The summed E-state index contributed by atoms with van der Waals surface area (Å²) in [7, 11) is 0. The largest absolute Gasteiger partial charge is 0.505 e. The first-order valence-electron chi connectivity index (χ1n) is 10.3. The van der Waals surface area contributed by atoms with E-state index in [9.17, 15) is 19.4 Å². The number of imidazole rings is 1. The molecule has 2 aliphatic heterocycles. The van der Waals surface area contributed by atoms with Gasteiger partial charge in [-0.3, -0.25) is 14.9 Å². The van der Waals surface area contributed by atoms with E-state index in [4.69, 9.17) is 16.4 Å². The Kier molecular flexibility index (Phi) is 5.21. The maximum atomic E-state index is 13.2. The summed E-state index contributed by atoms with van der Waals surface area (Å²) in [6.07, 6.45) is 1.49. The minimum Gasteiger partial charge on any atom is -0.505 e. The number of benzene rings is 2. The molecule has 0 saturated carbocycles. The van der Waals surface area contributed by atoms with Gasteiger partial charge >= 0.3 is 5.69 Å². The molecule has 10 heteroatoms. The molecule has 0 aliphatic carbocycles. The summed E-state index contributed by atoms with van der Waals surface area (Å²) < 4.78 is 15.0. The van der Waals surface area contributed by atoms with Crippen LogP contribution >= 0.6 is 11.6 Å². The minimum absolute atomic E-state index is 0.0418. The average molecular weight is 461 g/mol. The molecule has 3 heterocycles. The van der Waals surface area contributed by atoms with E-state index in [0.717, 1.165) is 18.4 Å². The standard InChI is InChI=1S/C22H22ClFN4O4/c23-14-3-6-19-17(11-14)25-21(30)28(19)16-7-9-27(10-8-16)12-18-20(29)22(31,32-26-18)13-1-4-15(24)5-2-13/h1-6,11,16,26,29,31H,7-10,12H2,(H,25,30). The van der Waals surface area contributed by atoms with E-state index in [0.29, 0.717) is 35.9 Å². The Hall–Kier alpha value is -2.85. The third-order valence-electron chi connectivity index (χ3n) is 6.15.